The van der Waals surface area contributed by atoms with E-state index in [-0.39, 0.29) is 12.8 Å². The van der Waals surface area contributed by atoms with E-state index in [0.29, 0.717) is 0 Å². The molecule has 0 aromatic heterocycles. The van der Waals surface area contributed by atoms with Crippen molar-refractivity contribution in [2.75, 3.05) is 7.11 Å². The molecule has 1 atom stereocenters. The summed E-state index contributed by atoms with van der Waals surface area (Å²) in [6.45, 7) is 1.64. The van der Waals surface area contributed by atoms with E-state index in [1.807, 2.05) is 0 Å². The van der Waals surface area contributed by atoms with Crippen LogP contribution in [0.4, 0.5) is 0 Å². The lowest BCUT2D eigenvalue weighted by Gasteiger charge is -2.12. The molecule has 0 aliphatic rings. The molecular weight excluding hydrogens is 214 g/mol. The molecule has 0 rings (SSSR count). The molecule has 0 radical (unpaired) electrons. The third-order valence-corrected chi connectivity index (χ3v) is 1.80. The Kier molecular flexibility index (Phi) is 6.58. The SMILES string of the molecule is C/C=C/C(=O)NC(CCC(=O)OC)C(=O)O. The molecule has 0 saturated heterocycles. The number of carbonyl (C=O) groups is 3. The fourth-order valence-corrected chi connectivity index (χ4v) is 0.993. The molecule has 2 N–H and O–H groups in total. The lowest BCUT2D eigenvalue weighted by Crippen LogP contribution is -2.40. The molecule has 0 spiro atoms. The van der Waals surface area contributed by atoms with Crippen LogP contribution in [0.2, 0.25) is 0 Å². The van der Waals surface area contributed by atoms with Gasteiger partial charge in [0.1, 0.15) is 6.04 Å². The van der Waals surface area contributed by atoms with E-state index in [9.17, 15) is 14.4 Å². The van der Waals surface area contributed by atoms with Crippen molar-refractivity contribution in [2.45, 2.75) is 25.8 Å². The van der Waals surface area contributed by atoms with E-state index in [2.05, 4.69) is 10.1 Å². The van der Waals surface area contributed by atoms with Crippen molar-refractivity contribution in [1.29, 1.82) is 0 Å². The number of ether oxygens (including phenoxy) is 1. The maximum Gasteiger partial charge on any atom is 0.326 e. The van der Waals surface area contributed by atoms with Gasteiger partial charge in [0.05, 0.1) is 7.11 Å². The molecule has 0 fully saturated rings. The predicted molar refractivity (Wildman–Crippen MR) is 55.6 cm³/mol. The van der Waals surface area contributed by atoms with Gasteiger partial charge in [-0.3, -0.25) is 9.59 Å². The highest BCUT2D eigenvalue weighted by atomic mass is 16.5. The van der Waals surface area contributed by atoms with Crippen LogP contribution < -0.4 is 5.32 Å². The second kappa shape index (κ2) is 7.44. The van der Waals surface area contributed by atoms with Gasteiger partial charge in [0, 0.05) is 6.42 Å². The summed E-state index contributed by atoms with van der Waals surface area (Å²) in [5, 5.41) is 11.0. The predicted octanol–water partition coefficient (Wildman–Crippen LogP) is 0.0851. The van der Waals surface area contributed by atoms with Gasteiger partial charge in [0.2, 0.25) is 5.91 Å². The molecule has 6 heteroatoms. The van der Waals surface area contributed by atoms with Gasteiger partial charge >= 0.3 is 11.9 Å². The number of rotatable bonds is 6. The number of carbonyl (C=O) groups excluding carboxylic acids is 2. The standard InChI is InChI=1S/C10H15NO5/c1-3-4-8(12)11-7(10(14)15)5-6-9(13)16-2/h3-4,7H,5-6H2,1-2H3,(H,11,12)(H,14,15)/b4-3+. The highest BCUT2D eigenvalue weighted by Gasteiger charge is 2.19. The molecule has 0 aromatic rings. The van der Waals surface area contributed by atoms with Crippen LogP contribution in [0.1, 0.15) is 19.8 Å². The van der Waals surface area contributed by atoms with Gasteiger partial charge in [-0.25, -0.2) is 4.79 Å². The molecule has 0 aliphatic heterocycles. The first-order valence-corrected chi connectivity index (χ1v) is 4.74. The first kappa shape index (κ1) is 14.2. The Hall–Kier alpha value is -1.85. The number of carboxylic acids is 1. The number of allylic oxidation sites excluding steroid dienone is 1. The van der Waals surface area contributed by atoms with Crippen LogP contribution in [0.25, 0.3) is 0 Å². The first-order chi connectivity index (χ1) is 7.51. The van der Waals surface area contributed by atoms with Crippen molar-refractivity contribution in [3.05, 3.63) is 12.2 Å². The number of esters is 1. The number of hydrogen-bond donors (Lipinski definition) is 2. The van der Waals surface area contributed by atoms with Crippen LogP contribution in [-0.4, -0.2) is 36.1 Å². The summed E-state index contributed by atoms with van der Waals surface area (Å²) >= 11 is 0. The van der Waals surface area contributed by atoms with Crippen LogP contribution in [0.3, 0.4) is 0 Å². The van der Waals surface area contributed by atoms with E-state index in [4.69, 9.17) is 5.11 Å². The monoisotopic (exact) mass is 229 g/mol. The molecular formula is C10H15NO5. The Morgan fingerprint density at radius 3 is 2.50 bits per heavy atom. The minimum absolute atomic E-state index is 0.00526. The molecule has 1 unspecified atom stereocenters. The van der Waals surface area contributed by atoms with Gasteiger partial charge in [-0.2, -0.15) is 0 Å². The highest BCUT2D eigenvalue weighted by molar-refractivity contribution is 5.91. The third kappa shape index (κ3) is 5.79. The van der Waals surface area contributed by atoms with Gasteiger partial charge in [-0.15, -0.1) is 0 Å². The lowest BCUT2D eigenvalue weighted by molar-refractivity contribution is -0.143. The van der Waals surface area contributed by atoms with Gasteiger partial charge < -0.3 is 15.2 Å². The Morgan fingerprint density at radius 1 is 1.44 bits per heavy atom. The molecule has 1 amide bonds. The first-order valence-electron chi connectivity index (χ1n) is 4.74. The fourth-order valence-electron chi connectivity index (χ4n) is 0.993. The summed E-state index contributed by atoms with van der Waals surface area (Å²) in [5.74, 6) is -2.19. The molecule has 6 nitrogen and oxygen atoms in total. The highest BCUT2D eigenvalue weighted by Crippen LogP contribution is 1.99. The fraction of sp³-hybridized carbons (Fsp3) is 0.500. The smallest absolute Gasteiger partial charge is 0.326 e. The average molecular weight is 229 g/mol. The van der Waals surface area contributed by atoms with Gasteiger partial charge in [0.25, 0.3) is 0 Å². The third-order valence-electron chi connectivity index (χ3n) is 1.80. The average Bonchev–Trinajstić information content (AvgIpc) is 2.23. The van der Waals surface area contributed by atoms with Crippen molar-refractivity contribution in [3.63, 3.8) is 0 Å². The molecule has 16 heavy (non-hydrogen) atoms. The summed E-state index contributed by atoms with van der Waals surface area (Å²) in [4.78, 5) is 32.7. The number of methoxy groups -OCH3 is 1. The minimum Gasteiger partial charge on any atom is -0.480 e. The molecule has 0 aromatic carbocycles. The summed E-state index contributed by atoms with van der Waals surface area (Å²) in [6, 6.07) is -1.08. The number of carboxylic acid groups (broad SMARTS) is 1. The van der Waals surface area contributed by atoms with Gasteiger partial charge in [-0.1, -0.05) is 6.08 Å². The van der Waals surface area contributed by atoms with E-state index < -0.39 is 23.9 Å². The molecule has 0 saturated carbocycles. The molecule has 0 bridgehead atoms. The minimum atomic E-state index is -1.18. The molecule has 90 valence electrons. The molecule has 0 heterocycles. The van der Waals surface area contributed by atoms with Crippen LogP contribution >= 0.6 is 0 Å². The second-order valence-electron chi connectivity index (χ2n) is 3.01. The Morgan fingerprint density at radius 2 is 2.06 bits per heavy atom. The van der Waals surface area contributed by atoms with Crippen LogP contribution in [0, 0.1) is 0 Å². The van der Waals surface area contributed by atoms with Crippen molar-refractivity contribution < 1.29 is 24.2 Å². The van der Waals surface area contributed by atoms with E-state index >= 15 is 0 Å². The van der Waals surface area contributed by atoms with Crippen LogP contribution in [0.15, 0.2) is 12.2 Å². The zero-order valence-corrected chi connectivity index (χ0v) is 9.23. The Bertz CT molecular complexity index is 298. The summed E-state index contributed by atoms with van der Waals surface area (Å²) in [5.41, 5.74) is 0. The molecule has 0 aliphatic carbocycles. The Labute approximate surface area is 93.3 Å². The van der Waals surface area contributed by atoms with Crippen molar-refractivity contribution in [3.8, 4) is 0 Å². The van der Waals surface area contributed by atoms with Crippen molar-refractivity contribution >= 4 is 17.8 Å². The zero-order valence-electron chi connectivity index (χ0n) is 9.23. The number of nitrogens with one attached hydrogen (secondary N) is 1. The maximum absolute atomic E-state index is 11.1. The maximum atomic E-state index is 11.1. The van der Waals surface area contributed by atoms with Gasteiger partial charge in [0.15, 0.2) is 0 Å². The summed E-state index contributed by atoms with van der Waals surface area (Å²) < 4.78 is 4.37. The van der Waals surface area contributed by atoms with E-state index in [1.165, 1.54) is 19.3 Å². The number of amides is 1. The lowest BCUT2D eigenvalue weighted by atomic mass is 10.1. The quantitative estimate of drug-likeness (QED) is 0.497. The van der Waals surface area contributed by atoms with Crippen LogP contribution in [-0.2, 0) is 19.1 Å². The normalized spacial score (nSPS) is 12.1. The number of aliphatic carboxylic acids is 1. The van der Waals surface area contributed by atoms with Crippen LogP contribution in [0.5, 0.6) is 0 Å². The summed E-state index contributed by atoms with van der Waals surface area (Å²) in [6.07, 6.45) is 2.66. The number of hydrogen-bond acceptors (Lipinski definition) is 4. The van der Waals surface area contributed by atoms with Crippen molar-refractivity contribution in [2.24, 2.45) is 0 Å². The van der Waals surface area contributed by atoms with Crippen molar-refractivity contribution in [1.82, 2.24) is 5.32 Å². The second-order valence-corrected chi connectivity index (χ2v) is 3.01. The topological polar surface area (TPSA) is 92.7 Å². The largest absolute Gasteiger partial charge is 0.480 e. The van der Waals surface area contributed by atoms with E-state index in [0.717, 1.165) is 0 Å². The van der Waals surface area contributed by atoms with Gasteiger partial charge in [-0.05, 0) is 19.4 Å². The van der Waals surface area contributed by atoms with E-state index in [1.54, 1.807) is 6.92 Å². The summed E-state index contributed by atoms with van der Waals surface area (Å²) in [7, 11) is 1.22. The Balaban J connectivity index is 4.23. The zero-order chi connectivity index (χ0) is 12.6.